The number of fused-ring (bicyclic) bond motifs is 1. The molecule has 0 amide bonds. The summed E-state index contributed by atoms with van der Waals surface area (Å²) in [5, 5.41) is 0. The van der Waals surface area contributed by atoms with Crippen LogP contribution in [-0.4, -0.2) is 16.7 Å². The first kappa shape index (κ1) is 20.5. The maximum absolute atomic E-state index is 11.0. The van der Waals surface area contributed by atoms with Crippen LogP contribution in [-0.2, 0) is 16.6 Å². The highest BCUT2D eigenvalue weighted by molar-refractivity contribution is 7.99. The second kappa shape index (κ2) is 8.84. The van der Waals surface area contributed by atoms with Crippen molar-refractivity contribution in [2.75, 3.05) is 5.75 Å². The smallest absolute Gasteiger partial charge is 0.308 e. The Labute approximate surface area is 172 Å². The number of aryl methyl sites for hydroxylation is 1. The summed E-state index contributed by atoms with van der Waals surface area (Å²) in [6.45, 7) is 8.16. The van der Waals surface area contributed by atoms with Gasteiger partial charge in [0.15, 0.2) is 0 Å². The van der Waals surface area contributed by atoms with E-state index in [4.69, 9.17) is 4.74 Å². The third-order valence-electron chi connectivity index (χ3n) is 5.67. The van der Waals surface area contributed by atoms with Crippen LogP contribution in [0.15, 0.2) is 35.4 Å². The van der Waals surface area contributed by atoms with E-state index in [9.17, 15) is 4.79 Å². The molecule has 1 aromatic carbocycles. The van der Waals surface area contributed by atoms with Gasteiger partial charge in [-0.3, -0.25) is 4.79 Å². The van der Waals surface area contributed by atoms with E-state index in [-0.39, 0.29) is 11.4 Å². The molecule has 0 spiro atoms. The minimum Gasteiger partial charge on any atom is -0.425 e. The SMILES string of the molecule is CCc1cc2c(cc1C#Cc1ccc(OC(C)=O)cn1)C(CC)(CC)CCS2. The average Bonchev–Trinajstić information content (AvgIpc) is 2.71. The van der Waals surface area contributed by atoms with Crippen molar-refractivity contribution in [3.8, 4) is 17.6 Å². The molecule has 1 aliphatic heterocycles. The zero-order valence-corrected chi connectivity index (χ0v) is 17.9. The Morgan fingerprint density at radius 1 is 1.21 bits per heavy atom. The molecule has 2 aromatic rings. The first-order valence-corrected chi connectivity index (χ1v) is 11.0. The summed E-state index contributed by atoms with van der Waals surface area (Å²) in [7, 11) is 0. The molecule has 0 bridgehead atoms. The minimum absolute atomic E-state index is 0.271. The monoisotopic (exact) mass is 393 g/mol. The lowest BCUT2D eigenvalue weighted by Gasteiger charge is -2.38. The molecule has 0 saturated carbocycles. The van der Waals surface area contributed by atoms with E-state index in [2.05, 4.69) is 49.7 Å². The topological polar surface area (TPSA) is 39.2 Å². The zero-order valence-electron chi connectivity index (χ0n) is 17.1. The number of esters is 1. The average molecular weight is 394 g/mol. The molecule has 0 aliphatic carbocycles. The molecule has 0 N–H and O–H groups in total. The third-order valence-corrected chi connectivity index (χ3v) is 6.73. The molecule has 3 nitrogen and oxygen atoms in total. The van der Waals surface area contributed by atoms with Gasteiger partial charge in [0.25, 0.3) is 0 Å². The molecule has 0 radical (unpaired) electrons. The van der Waals surface area contributed by atoms with Gasteiger partial charge in [0.1, 0.15) is 11.4 Å². The lowest BCUT2D eigenvalue weighted by atomic mass is 9.72. The predicted molar refractivity (Wildman–Crippen MR) is 115 cm³/mol. The normalized spacial score (nSPS) is 14.6. The highest BCUT2D eigenvalue weighted by Gasteiger charge is 2.34. The van der Waals surface area contributed by atoms with Gasteiger partial charge in [-0.25, -0.2) is 4.98 Å². The molecule has 1 aromatic heterocycles. The maximum atomic E-state index is 11.0. The maximum Gasteiger partial charge on any atom is 0.308 e. The number of aromatic nitrogens is 1. The fourth-order valence-electron chi connectivity index (χ4n) is 3.85. The number of carbonyl (C=O) groups is 1. The van der Waals surface area contributed by atoms with Crippen molar-refractivity contribution in [2.45, 2.75) is 63.7 Å². The van der Waals surface area contributed by atoms with Crippen molar-refractivity contribution in [2.24, 2.45) is 0 Å². The summed E-state index contributed by atoms with van der Waals surface area (Å²) in [6, 6.07) is 8.18. The van der Waals surface area contributed by atoms with Crippen LogP contribution in [0.1, 0.15) is 69.3 Å². The van der Waals surface area contributed by atoms with Crippen LogP contribution in [0.3, 0.4) is 0 Å². The van der Waals surface area contributed by atoms with Gasteiger partial charge in [0.2, 0.25) is 0 Å². The third kappa shape index (κ3) is 4.25. The number of rotatable bonds is 4. The van der Waals surface area contributed by atoms with E-state index in [1.807, 2.05) is 11.8 Å². The Morgan fingerprint density at radius 3 is 2.61 bits per heavy atom. The molecule has 28 heavy (non-hydrogen) atoms. The fraction of sp³-hybridized carbons (Fsp3) is 0.417. The minimum atomic E-state index is -0.351. The van der Waals surface area contributed by atoms with Crippen molar-refractivity contribution in [1.82, 2.24) is 4.98 Å². The molecule has 0 fully saturated rings. The van der Waals surface area contributed by atoms with Crippen LogP contribution in [0.4, 0.5) is 0 Å². The van der Waals surface area contributed by atoms with Crippen molar-refractivity contribution in [3.63, 3.8) is 0 Å². The number of pyridine rings is 1. The Kier molecular flexibility index (Phi) is 6.46. The van der Waals surface area contributed by atoms with E-state index < -0.39 is 0 Å². The van der Waals surface area contributed by atoms with E-state index in [0.717, 1.165) is 24.8 Å². The van der Waals surface area contributed by atoms with Gasteiger partial charge in [0, 0.05) is 17.4 Å². The van der Waals surface area contributed by atoms with Gasteiger partial charge in [-0.1, -0.05) is 26.7 Å². The number of benzene rings is 1. The second-order valence-electron chi connectivity index (χ2n) is 7.17. The molecule has 1 aliphatic rings. The summed E-state index contributed by atoms with van der Waals surface area (Å²) in [4.78, 5) is 16.7. The molecule has 0 atom stereocenters. The molecule has 2 heterocycles. The van der Waals surface area contributed by atoms with Crippen molar-refractivity contribution < 1.29 is 9.53 Å². The fourth-order valence-corrected chi connectivity index (χ4v) is 5.22. The van der Waals surface area contributed by atoms with Crippen LogP contribution in [0.5, 0.6) is 5.75 Å². The molecule has 4 heteroatoms. The standard InChI is InChI=1S/C24H27NO2S/c1-5-18-15-23-22(24(6-2,7-3)12-13-28-23)14-19(18)8-9-20-10-11-21(16-25-20)27-17(4)26/h10-11,14-16H,5-7,12-13H2,1-4H3. The largest absolute Gasteiger partial charge is 0.425 e. The van der Waals surface area contributed by atoms with E-state index in [0.29, 0.717) is 11.4 Å². The van der Waals surface area contributed by atoms with Crippen LogP contribution < -0.4 is 4.74 Å². The summed E-state index contributed by atoms with van der Waals surface area (Å²) in [5.41, 5.74) is 4.79. The summed E-state index contributed by atoms with van der Waals surface area (Å²) < 4.78 is 5.03. The quantitative estimate of drug-likeness (QED) is 0.506. The molecule has 0 saturated heterocycles. The van der Waals surface area contributed by atoms with Crippen molar-refractivity contribution in [3.05, 3.63) is 52.8 Å². The van der Waals surface area contributed by atoms with Gasteiger partial charge in [-0.2, -0.15) is 0 Å². The Balaban J connectivity index is 1.97. The Hall–Kier alpha value is -2.25. The first-order chi connectivity index (χ1) is 13.5. The summed E-state index contributed by atoms with van der Waals surface area (Å²) >= 11 is 1.98. The van der Waals surface area contributed by atoms with Crippen LogP contribution >= 0.6 is 11.8 Å². The zero-order chi connectivity index (χ0) is 20.1. The molecular weight excluding hydrogens is 366 g/mol. The van der Waals surface area contributed by atoms with Gasteiger partial charge < -0.3 is 4.74 Å². The van der Waals surface area contributed by atoms with E-state index >= 15 is 0 Å². The number of hydrogen-bond acceptors (Lipinski definition) is 4. The highest BCUT2D eigenvalue weighted by Crippen LogP contribution is 2.46. The highest BCUT2D eigenvalue weighted by atomic mass is 32.2. The second-order valence-corrected chi connectivity index (χ2v) is 8.30. The molecule has 0 unspecified atom stereocenters. The molecule has 146 valence electrons. The van der Waals surface area contributed by atoms with Gasteiger partial charge in [-0.15, -0.1) is 11.8 Å². The van der Waals surface area contributed by atoms with Gasteiger partial charge in [-0.05, 0) is 78.2 Å². The van der Waals surface area contributed by atoms with Crippen LogP contribution in [0.25, 0.3) is 0 Å². The first-order valence-electron chi connectivity index (χ1n) is 9.98. The number of thioether (sulfide) groups is 1. The van der Waals surface area contributed by atoms with E-state index in [1.54, 1.807) is 12.1 Å². The van der Waals surface area contributed by atoms with Crippen LogP contribution in [0.2, 0.25) is 0 Å². The summed E-state index contributed by atoms with van der Waals surface area (Å²) in [5.74, 6) is 7.81. The lowest BCUT2D eigenvalue weighted by molar-refractivity contribution is -0.131. The molecular formula is C24H27NO2S. The number of ether oxygens (including phenoxy) is 1. The number of nitrogens with zero attached hydrogens (tertiary/aromatic N) is 1. The van der Waals surface area contributed by atoms with Crippen LogP contribution in [0, 0.1) is 11.8 Å². The lowest BCUT2D eigenvalue weighted by Crippen LogP contribution is -2.29. The van der Waals surface area contributed by atoms with Crippen molar-refractivity contribution >= 4 is 17.7 Å². The van der Waals surface area contributed by atoms with Gasteiger partial charge in [0.05, 0.1) is 6.20 Å². The number of carbonyl (C=O) groups excluding carboxylic acids is 1. The van der Waals surface area contributed by atoms with Crippen molar-refractivity contribution in [1.29, 1.82) is 0 Å². The van der Waals surface area contributed by atoms with E-state index in [1.165, 1.54) is 41.3 Å². The summed E-state index contributed by atoms with van der Waals surface area (Å²) in [6.07, 6.45) is 6.05. The number of hydrogen-bond donors (Lipinski definition) is 0. The Bertz CT molecular complexity index is 918. The Morgan fingerprint density at radius 2 is 2.00 bits per heavy atom. The molecule has 3 rings (SSSR count). The van der Waals surface area contributed by atoms with Gasteiger partial charge >= 0.3 is 5.97 Å². The predicted octanol–water partition coefficient (Wildman–Crippen LogP) is 5.52.